The molecular weight excluding hydrogens is 437 g/mol. The zero-order valence-corrected chi connectivity index (χ0v) is 17.2. The second kappa shape index (κ2) is 11.3. The number of hydrogen-bond donors (Lipinski definition) is 2. The van der Waals surface area contributed by atoms with Crippen molar-refractivity contribution in [2.24, 2.45) is 12.0 Å². The first-order valence-electron chi connectivity index (χ1n) is 7.91. The molecule has 2 aromatic rings. The molecule has 1 aromatic carbocycles. The van der Waals surface area contributed by atoms with Gasteiger partial charge in [0, 0.05) is 37.9 Å². The summed E-state index contributed by atoms with van der Waals surface area (Å²) in [6.07, 6.45) is 5.72. The summed E-state index contributed by atoms with van der Waals surface area (Å²) in [4.78, 5) is 4.61. The van der Waals surface area contributed by atoms with Crippen molar-refractivity contribution in [2.75, 3.05) is 19.6 Å². The number of aryl methyl sites for hydroxylation is 1. The van der Waals surface area contributed by atoms with Crippen molar-refractivity contribution in [1.82, 2.24) is 20.4 Å². The van der Waals surface area contributed by atoms with Crippen molar-refractivity contribution < 1.29 is 0 Å². The molecule has 5 nitrogen and oxygen atoms in total. The third-order valence-corrected chi connectivity index (χ3v) is 3.60. The van der Waals surface area contributed by atoms with Crippen LogP contribution in [-0.4, -0.2) is 35.4 Å². The summed E-state index contributed by atoms with van der Waals surface area (Å²) in [5.74, 6) is 0.846. The van der Waals surface area contributed by atoms with Crippen molar-refractivity contribution >= 4 is 41.5 Å². The summed E-state index contributed by atoms with van der Waals surface area (Å²) in [6.45, 7) is 4.46. The molecular formula is C17H25ClIN5. The Labute approximate surface area is 165 Å². The van der Waals surface area contributed by atoms with Crippen LogP contribution in [0.4, 0.5) is 0 Å². The van der Waals surface area contributed by atoms with Crippen LogP contribution in [0.5, 0.6) is 0 Å². The maximum atomic E-state index is 6.00. The molecule has 1 aromatic heterocycles. The number of halogens is 2. The van der Waals surface area contributed by atoms with Gasteiger partial charge >= 0.3 is 0 Å². The van der Waals surface area contributed by atoms with Crippen molar-refractivity contribution in [3.63, 3.8) is 0 Å². The highest BCUT2D eigenvalue weighted by atomic mass is 127. The van der Waals surface area contributed by atoms with Gasteiger partial charge in [-0.2, -0.15) is 5.10 Å². The minimum absolute atomic E-state index is 0. The summed E-state index contributed by atoms with van der Waals surface area (Å²) < 4.78 is 1.82. The van der Waals surface area contributed by atoms with E-state index < -0.39 is 0 Å². The van der Waals surface area contributed by atoms with Crippen molar-refractivity contribution in [1.29, 1.82) is 0 Å². The molecule has 2 N–H and O–H groups in total. The average molecular weight is 462 g/mol. The smallest absolute Gasteiger partial charge is 0.191 e. The zero-order valence-electron chi connectivity index (χ0n) is 14.1. The van der Waals surface area contributed by atoms with Crippen LogP contribution < -0.4 is 10.6 Å². The minimum atomic E-state index is 0. The Morgan fingerprint density at radius 2 is 2.08 bits per heavy atom. The molecule has 132 valence electrons. The number of aromatic nitrogens is 2. The maximum absolute atomic E-state index is 6.00. The fourth-order valence-corrected chi connectivity index (χ4v) is 2.47. The number of benzene rings is 1. The van der Waals surface area contributed by atoms with Crippen LogP contribution in [0.2, 0.25) is 5.02 Å². The Hall–Kier alpha value is -1.28. The Balaban J connectivity index is 0.00000288. The van der Waals surface area contributed by atoms with E-state index in [4.69, 9.17) is 11.6 Å². The maximum Gasteiger partial charge on any atom is 0.191 e. The van der Waals surface area contributed by atoms with Crippen LogP contribution in [0.25, 0.3) is 0 Å². The van der Waals surface area contributed by atoms with Crippen LogP contribution in [0.15, 0.2) is 41.7 Å². The van der Waals surface area contributed by atoms with E-state index in [1.54, 1.807) is 0 Å². The van der Waals surface area contributed by atoms with Crippen LogP contribution in [0, 0.1) is 0 Å². The summed E-state index contributed by atoms with van der Waals surface area (Å²) >= 11 is 6.00. The summed E-state index contributed by atoms with van der Waals surface area (Å²) in [7, 11) is 1.93. The Bertz CT molecular complexity index is 641. The number of guanidine groups is 1. The molecule has 0 atom stereocenters. The van der Waals surface area contributed by atoms with Crippen molar-refractivity contribution in [2.45, 2.75) is 19.8 Å². The molecule has 0 aliphatic carbocycles. The third-order valence-electron chi connectivity index (χ3n) is 3.37. The van der Waals surface area contributed by atoms with Gasteiger partial charge < -0.3 is 10.6 Å². The second-order valence-corrected chi connectivity index (χ2v) is 5.78. The van der Waals surface area contributed by atoms with Gasteiger partial charge in [0.1, 0.15) is 0 Å². The van der Waals surface area contributed by atoms with E-state index in [9.17, 15) is 0 Å². The SMILES string of the molecule is CCNC(=NCCc1cccc(Cl)c1)NCCc1cnn(C)c1.I. The first-order chi connectivity index (χ1) is 11.2. The average Bonchev–Trinajstić information content (AvgIpc) is 2.93. The minimum Gasteiger partial charge on any atom is -0.357 e. The standard InChI is InChI=1S/C17H24ClN5.HI/c1-3-19-17(21-10-8-15-12-22-23(2)13-15)20-9-7-14-5-4-6-16(18)11-14;/h4-6,11-13H,3,7-10H2,1-2H3,(H2,19,20,21);1H. The van der Waals surface area contributed by atoms with Crippen molar-refractivity contribution in [3.05, 3.63) is 52.8 Å². The number of hydrogen-bond acceptors (Lipinski definition) is 2. The van der Waals surface area contributed by atoms with Gasteiger partial charge in [0.25, 0.3) is 0 Å². The molecule has 0 bridgehead atoms. The van der Waals surface area contributed by atoms with Gasteiger partial charge in [0.2, 0.25) is 0 Å². The van der Waals surface area contributed by atoms with Crippen LogP contribution in [0.3, 0.4) is 0 Å². The van der Waals surface area contributed by atoms with Crippen LogP contribution in [-0.2, 0) is 19.9 Å². The molecule has 0 aliphatic rings. The Morgan fingerprint density at radius 3 is 2.75 bits per heavy atom. The van der Waals surface area contributed by atoms with Crippen LogP contribution >= 0.6 is 35.6 Å². The molecule has 0 saturated heterocycles. The molecule has 0 spiro atoms. The molecule has 1 heterocycles. The van der Waals surface area contributed by atoms with E-state index in [0.717, 1.165) is 43.5 Å². The lowest BCUT2D eigenvalue weighted by molar-refractivity contribution is 0.765. The number of nitrogens with one attached hydrogen (secondary N) is 2. The fourth-order valence-electron chi connectivity index (χ4n) is 2.26. The first kappa shape index (κ1) is 20.8. The lowest BCUT2D eigenvalue weighted by Crippen LogP contribution is -2.38. The Kier molecular flexibility index (Phi) is 9.78. The van der Waals surface area contributed by atoms with Gasteiger partial charge in [0.05, 0.1) is 6.20 Å². The van der Waals surface area contributed by atoms with Crippen LogP contribution in [0.1, 0.15) is 18.1 Å². The van der Waals surface area contributed by atoms with E-state index in [1.807, 2.05) is 42.3 Å². The highest BCUT2D eigenvalue weighted by Gasteiger charge is 2.00. The van der Waals surface area contributed by atoms with Gasteiger partial charge in [-0.25, -0.2) is 0 Å². The predicted molar refractivity (Wildman–Crippen MR) is 111 cm³/mol. The van der Waals surface area contributed by atoms with Gasteiger partial charge in [-0.1, -0.05) is 23.7 Å². The van der Waals surface area contributed by atoms with Gasteiger partial charge in [-0.15, -0.1) is 24.0 Å². The zero-order chi connectivity index (χ0) is 16.5. The number of aliphatic imine (C=N–C) groups is 1. The molecule has 2 rings (SSSR count). The monoisotopic (exact) mass is 461 g/mol. The van der Waals surface area contributed by atoms with Gasteiger partial charge in [0.15, 0.2) is 5.96 Å². The summed E-state index contributed by atoms with van der Waals surface area (Å²) in [5.41, 5.74) is 2.42. The molecule has 0 unspecified atom stereocenters. The predicted octanol–water partition coefficient (Wildman–Crippen LogP) is 3.03. The summed E-state index contributed by atoms with van der Waals surface area (Å²) in [6, 6.07) is 7.92. The number of nitrogens with zero attached hydrogens (tertiary/aromatic N) is 3. The number of rotatable bonds is 7. The van der Waals surface area contributed by atoms with E-state index in [1.165, 1.54) is 11.1 Å². The fraction of sp³-hybridized carbons (Fsp3) is 0.412. The highest BCUT2D eigenvalue weighted by Crippen LogP contribution is 2.10. The van der Waals surface area contributed by atoms with E-state index in [0.29, 0.717) is 0 Å². The third kappa shape index (κ3) is 7.53. The lowest BCUT2D eigenvalue weighted by Gasteiger charge is -2.10. The van der Waals surface area contributed by atoms with Gasteiger partial charge in [-0.3, -0.25) is 9.67 Å². The molecule has 0 saturated carbocycles. The largest absolute Gasteiger partial charge is 0.357 e. The summed E-state index contributed by atoms with van der Waals surface area (Å²) in [5, 5.41) is 11.6. The molecule has 7 heteroatoms. The second-order valence-electron chi connectivity index (χ2n) is 5.34. The first-order valence-corrected chi connectivity index (χ1v) is 8.29. The highest BCUT2D eigenvalue weighted by molar-refractivity contribution is 14.0. The molecule has 24 heavy (non-hydrogen) atoms. The normalized spacial score (nSPS) is 11.0. The van der Waals surface area contributed by atoms with Crippen molar-refractivity contribution in [3.8, 4) is 0 Å². The topological polar surface area (TPSA) is 54.2 Å². The lowest BCUT2D eigenvalue weighted by atomic mass is 10.1. The molecule has 0 radical (unpaired) electrons. The van der Waals surface area contributed by atoms with E-state index in [2.05, 4.69) is 33.7 Å². The quantitative estimate of drug-likeness (QED) is 0.379. The van der Waals surface area contributed by atoms with E-state index in [-0.39, 0.29) is 24.0 Å². The van der Waals surface area contributed by atoms with E-state index >= 15 is 0 Å². The molecule has 0 fully saturated rings. The Morgan fingerprint density at radius 1 is 1.25 bits per heavy atom. The molecule has 0 aliphatic heterocycles. The molecule has 0 amide bonds. The van der Waals surface area contributed by atoms with Gasteiger partial charge in [-0.05, 0) is 43.0 Å².